The molecule has 0 spiro atoms. The first-order valence-corrected chi connectivity index (χ1v) is 6.38. The fourth-order valence-electron chi connectivity index (χ4n) is 1.34. The Balaban J connectivity index is 2.32. The van der Waals surface area contributed by atoms with Crippen LogP contribution in [0.15, 0.2) is 17.5 Å². The zero-order valence-electron chi connectivity index (χ0n) is 9.96. The Morgan fingerprint density at radius 1 is 1.32 bits per heavy atom. The summed E-state index contributed by atoms with van der Waals surface area (Å²) in [5, 5.41) is 23.8. The van der Waals surface area contributed by atoms with Crippen LogP contribution in [0.4, 0.5) is 4.79 Å². The van der Waals surface area contributed by atoms with Gasteiger partial charge in [0.25, 0.3) is 0 Å². The van der Waals surface area contributed by atoms with E-state index in [0.29, 0.717) is 13.0 Å². The predicted octanol–water partition coefficient (Wildman–Crippen LogP) is 0.518. The van der Waals surface area contributed by atoms with Crippen molar-refractivity contribution in [2.45, 2.75) is 18.9 Å². The lowest BCUT2D eigenvalue weighted by molar-refractivity contribution is -0.145. The molecule has 0 saturated heterocycles. The van der Waals surface area contributed by atoms with Gasteiger partial charge in [0.05, 0.1) is 6.42 Å². The van der Waals surface area contributed by atoms with Crippen LogP contribution in [-0.2, 0) is 16.0 Å². The number of carboxylic acids is 2. The van der Waals surface area contributed by atoms with E-state index in [1.807, 2.05) is 17.5 Å². The molecule has 1 aromatic rings. The normalized spacial score (nSPS) is 11.6. The number of urea groups is 1. The molecule has 0 aliphatic carbocycles. The number of aliphatic carboxylic acids is 2. The second kappa shape index (κ2) is 7.37. The Morgan fingerprint density at radius 2 is 2.05 bits per heavy atom. The minimum atomic E-state index is -1.43. The van der Waals surface area contributed by atoms with Gasteiger partial charge in [-0.05, 0) is 17.9 Å². The molecule has 1 atom stereocenters. The standard InChI is InChI=1S/C11H14N2O5S/c14-9(15)6-8(10(16)17)13-11(18)12-4-3-7-2-1-5-19-7/h1-2,5,8H,3-4,6H2,(H,14,15)(H,16,17)(H2,12,13,18)/t8-/m0/s1. The third-order valence-corrected chi connectivity index (χ3v) is 3.16. The van der Waals surface area contributed by atoms with Crippen LogP contribution in [-0.4, -0.2) is 40.8 Å². The maximum absolute atomic E-state index is 11.4. The van der Waals surface area contributed by atoms with E-state index >= 15 is 0 Å². The molecule has 1 rings (SSSR count). The van der Waals surface area contributed by atoms with Crippen LogP contribution < -0.4 is 10.6 Å². The van der Waals surface area contributed by atoms with Gasteiger partial charge in [-0.15, -0.1) is 11.3 Å². The predicted molar refractivity (Wildman–Crippen MR) is 68.2 cm³/mol. The van der Waals surface area contributed by atoms with Crippen molar-refractivity contribution in [3.63, 3.8) is 0 Å². The number of amides is 2. The van der Waals surface area contributed by atoms with Gasteiger partial charge in [0.1, 0.15) is 6.04 Å². The highest BCUT2D eigenvalue weighted by atomic mass is 32.1. The Kier molecular flexibility index (Phi) is 5.80. The average Bonchev–Trinajstić information content (AvgIpc) is 2.80. The van der Waals surface area contributed by atoms with Gasteiger partial charge in [-0.3, -0.25) is 4.79 Å². The third-order valence-electron chi connectivity index (χ3n) is 2.22. The number of carbonyl (C=O) groups excluding carboxylic acids is 1. The van der Waals surface area contributed by atoms with Gasteiger partial charge in [0.2, 0.25) is 0 Å². The minimum absolute atomic E-state index is 0.353. The molecule has 0 radical (unpaired) electrons. The van der Waals surface area contributed by atoms with Crippen LogP contribution in [0.25, 0.3) is 0 Å². The first kappa shape index (κ1) is 15.0. The van der Waals surface area contributed by atoms with E-state index < -0.39 is 30.4 Å². The lowest BCUT2D eigenvalue weighted by atomic mass is 10.2. The fraction of sp³-hybridized carbons (Fsp3) is 0.364. The molecule has 0 aliphatic heterocycles. The summed E-state index contributed by atoms with van der Waals surface area (Å²) in [4.78, 5) is 33.6. The van der Waals surface area contributed by atoms with E-state index in [-0.39, 0.29) is 0 Å². The molecule has 0 aromatic carbocycles. The molecule has 0 bridgehead atoms. The van der Waals surface area contributed by atoms with Gasteiger partial charge in [0, 0.05) is 11.4 Å². The van der Waals surface area contributed by atoms with E-state index in [9.17, 15) is 14.4 Å². The van der Waals surface area contributed by atoms with E-state index in [4.69, 9.17) is 10.2 Å². The van der Waals surface area contributed by atoms with E-state index in [1.165, 1.54) is 0 Å². The van der Waals surface area contributed by atoms with Crippen molar-refractivity contribution >= 4 is 29.3 Å². The number of nitrogens with one attached hydrogen (secondary N) is 2. The molecule has 8 heteroatoms. The summed E-state index contributed by atoms with van der Waals surface area (Å²) in [5.41, 5.74) is 0. The summed E-state index contributed by atoms with van der Waals surface area (Å²) < 4.78 is 0. The maximum atomic E-state index is 11.4. The number of hydrogen-bond donors (Lipinski definition) is 4. The zero-order chi connectivity index (χ0) is 14.3. The molecule has 104 valence electrons. The van der Waals surface area contributed by atoms with Crippen molar-refractivity contribution in [2.75, 3.05) is 6.54 Å². The Hall–Kier alpha value is -2.09. The lowest BCUT2D eigenvalue weighted by Crippen LogP contribution is -2.47. The summed E-state index contributed by atoms with van der Waals surface area (Å²) in [6.45, 7) is 0.353. The van der Waals surface area contributed by atoms with Crippen molar-refractivity contribution < 1.29 is 24.6 Å². The molecule has 0 saturated carbocycles. The third kappa shape index (κ3) is 5.87. The summed E-state index contributed by atoms with van der Waals surface area (Å²) >= 11 is 1.56. The van der Waals surface area contributed by atoms with E-state index in [0.717, 1.165) is 4.88 Å². The van der Waals surface area contributed by atoms with Crippen LogP contribution in [0.5, 0.6) is 0 Å². The van der Waals surface area contributed by atoms with Gasteiger partial charge in [-0.1, -0.05) is 6.07 Å². The number of carboxylic acid groups (broad SMARTS) is 2. The molecule has 0 unspecified atom stereocenters. The molecule has 2 amide bonds. The molecule has 1 aromatic heterocycles. The number of rotatable bonds is 7. The van der Waals surface area contributed by atoms with Gasteiger partial charge < -0.3 is 20.8 Å². The first-order chi connectivity index (χ1) is 8.99. The van der Waals surface area contributed by atoms with Crippen molar-refractivity contribution in [3.05, 3.63) is 22.4 Å². The molecule has 1 heterocycles. The Labute approximate surface area is 113 Å². The molecular formula is C11H14N2O5S. The summed E-state index contributed by atoms with van der Waals surface area (Å²) in [6.07, 6.45) is -0.0184. The Morgan fingerprint density at radius 3 is 2.58 bits per heavy atom. The monoisotopic (exact) mass is 286 g/mol. The Bertz CT molecular complexity index is 446. The van der Waals surface area contributed by atoms with Gasteiger partial charge in [-0.2, -0.15) is 0 Å². The minimum Gasteiger partial charge on any atom is -0.481 e. The highest BCUT2D eigenvalue weighted by Gasteiger charge is 2.22. The van der Waals surface area contributed by atoms with Crippen LogP contribution in [0.3, 0.4) is 0 Å². The molecular weight excluding hydrogens is 272 g/mol. The van der Waals surface area contributed by atoms with Crippen molar-refractivity contribution in [1.82, 2.24) is 10.6 Å². The van der Waals surface area contributed by atoms with Gasteiger partial charge in [0.15, 0.2) is 0 Å². The summed E-state index contributed by atoms with van der Waals surface area (Å²) in [6, 6.07) is 1.70. The highest BCUT2D eigenvalue weighted by Crippen LogP contribution is 2.07. The average molecular weight is 286 g/mol. The van der Waals surface area contributed by atoms with Crippen LogP contribution in [0.2, 0.25) is 0 Å². The number of hydrogen-bond acceptors (Lipinski definition) is 4. The molecule has 0 aliphatic rings. The first-order valence-electron chi connectivity index (χ1n) is 5.50. The van der Waals surface area contributed by atoms with Crippen molar-refractivity contribution in [2.24, 2.45) is 0 Å². The topological polar surface area (TPSA) is 116 Å². The fourth-order valence-corrected chi connectivity index (χ4v) is 2.05. The SMILES string of the molecule is O=C(O)C[C@H](NC(=O)NCCc1cccs1)C(=O)O. The number of carbonyl (C=O) groups is 3. The zero-order valence-corrected chi connectivity index (χ0v) is 10.8. The summed E-state index contributed by atoms with van der Waals surface area (Å²) in [7, 11) is 0. The maximum Gasteiger partial charge on any atom is 0.326 e. The quantitative estimate of drug-likeness (QED) is 0.583. The van der Waals surface area contributed by atoms with Crippen LogP contribution >= 0.6 is 11.3 Å². The molecule has 0 fully saturated rings. The van der Waals surface area contributed by atoms with Gasteiger partial charge in [-0.25, -0.2) is 9.59 Å². The molecule has 4 N–H and O–H groups in total. The smallest absolute Gasteiger partial charge is 0.326 e. The largest absolute Gasteiger partial charge is 0.481 e. The van der Waals surface area contributed by atoms with E-state index in [1.54, 1.807) is 11.3 Å². The summed E-state index contributed by atoms with van der Waals surface area (Å²) in [5.74, 6) is -2.66. The van der Waals surface area contributed by atoms with Crippen molar-refractivity contribution in [3.8, 4) is 0 Å². The van der Waals surface area contributed by atoms with Gasteiger partial charge >= 0.3 is 18.0 Å². The highest BCUT2D eigenvalue weighted by molar-refractivity contribution is 7.09. The van der Waals surface area contributed by atoms with Crippen molar-refractivity contribution in [1.29, 1.82) is 0 Å². The van der Waals surface area contributed by atoms with Crippen LogP contribution in [0, 0.1) is 0 Å². The second-order valence-corrected chi connectivity index (χ2v) is 4.75. The second-order valence-electron chi connectivity index (χ2n) is 3.72. The lowest BCUT2D eigenvalue weighted by Gasteiger charge is -2.13. The van der Waals surface area contributed by atoms with E-state index in [2.05, 4.69) is 10.6 Å². The molecule has 7 nitrogen and oxygen atoms in total. The molecule has 19 heavy (non-hydrogen) atoms. The van der Waals surface area contributed by atoms with Crippen LogP contribution in [0.1, 0.15) is 11.3 Å². The number of thiophene rings is 1.